The molecule has 12 heavy (non-hydrogen) atoms. The van der Waals surface area contributed by atoms with Gasteiger partial charge in [0, 0.05) is 26.4 Å². The monoisotopic (exact) mass is 167 g/mol. The molecule has 0 fully saturated rings. The van der Waals surface area contributed by atoms with Gasteiger partial charge in [0.25, 0.3) is 5.69 Å². The molecular weight excluding hydrogens is 158 g/mol. The number of pyridine rings is 1. The second-order valence-corrected chi connectivity index (χ2v) is 2.52. The van der Waals surface area contributed by atoms with Gasteiger partial charge in [-0.2, -0.15) is 0 Å². The van der Waals surface area contributed by atoms with E-state index < -0.39 is 4.92 Å². The molecule has 0 unspecified atom stereocenters. The highest BCUT2D eigenvalue weighted by molar-refractivity contribution is 5.45. The van der Waals surface area contributed by atoms with Crippen molar-refractivity contribution in [2.24, 2.45) is 0 Å². The molecule has 1 aromatic heterocycles. The maximum absolute atomic E-state index is 10.3. The fourth-order valence-electron chi connectivity index (χ4n) is 0.766. The maximum Gasteiger partial charge on any atom is 0.274 e. The average molecular weight is 167 g/mol. The summed E-state index contributed by atoms with van der Waals surface area (Å²) in [7, 11) is 3.57. The van der Waals surface area contributed by atoms with E-state index in [0.717, 1.165) is 0 Å². The summed E-state index contributed by atoms with van der Waals surface area (Å²) in [6, 6.07) is 2.80. The van der Waals surface area contributed by atoms with Crippen LogP contribution in [0.15, 0.2) is 18.3 Å². The minimum absolute atomic E-state index is 0.0636. The molecule has 0 atom stereocenters. The van der Waals surface area contributed by atoms with Crippen LogP contribution in [0.5, 0.6) is 0 Å². The molecule has 0 aliphatic carbocycles. The van der Waals surface area contributed by atoms with Crippen LogP contribution in [-0.4, -0.2) is 24.0 Å². The first-order chi connectivity index (χ1) is 5.61. The molecular formula is C7H9N3O2. The van der Waals surface area contributed by atoms with Crippen molar-refractivity contribution < 1.29 is 4.92 Å². The smallest absolute Gasteiger partial charge is 0.274 e. The first kappa shape index (κ1) is 8.45. The van der Waals surface area contributed by atoms with Crippen LogP contribution < -0.4 is 4.90 Å². The van der Waals surface area contributed by atoms with Gasteiger partial charge in [0.2, 0.25) is 0 Å². The highest BCUT2D eigenvalue weighted by Crippen LogP contribution is 2.15. The van der Waals surface area contributed by atoms with Crippen LogP contribution in [-0.2, 0) is 0 Å². The molecule has 1 heterocycles. The van der Waals surface area contributed by atoms with Crippen molar-refractivity contribution in [1.29, 1.82) is 0 Å². The molecule has 0 amide bonds. The number of nitro groups is 1. The van der Waals surface area contributed by atoms with E-state index in [1.807, 2.05) is 0 Å². The molecule has 0 aliphatic heterocycles. The number of rotatable bonds is 2. The van der Waals surface area contributed by atoms with Crippen LogP contribution in [0.1, 0.15) is 0 Å². The van der Waals surface area contributed by atoms with E-state index in [2.05, 4.69) is 4.98 Å². The molecule has 0 aromatic carbocycles. The number of nitrogens with zero attached hydrogens (tertiary/aromatic N) is 3. The fraction of sp³-hybridized carbons (Fsp3) is 0.286. The predicted octanol–water partition coefficient (Wildman–Crippen LogP) is 1.06. The van der Waals surface area contributed by atoms with Crippen molar-refractivity contribution in [3.63, 3.8) is 0 Å². The third kappa shape index (κ3) is 1.69. The van der Waals surface area contributed by atoms with Crippen molar-refractivity contribution in [2.75, 3.05) is 19.0 Å². The number of hydrogen-bond donors (Lipinski definition) is 0. The lowest BCUT2D eigenvalue weighted by atomic mass is 10.4. The summed E-state index contributed by atoms with van der Waals surface area (Å²) in [5, 5.41) is 10.3. The maximum atomic E-state index is 10.3. The van der Waals surface area contributed by atoms with E-state index in [4.69, 9.17) is 0 Å². The normalized spacial score (nSPS) is 9.50. The third-order valence-corrected chi connectivity index (χ3v) is 1.40. The van der Waals surface area contributed by atoms with Gasteiger partial charge < -0.3 is 4.90 Å². The molecule has 0 bridgehead atoms. The lowest BCUT2D eigenvalue weighted by Crippen LogP contribution is -2.10. The standard InChI is InChI=1S/C7H9N3O2/c1-9(2)7-5-6(10(11)12)3-4-8-7/h3-5H,1-2H3. The first-order valence-electron chi connectivity index (χ1n) is 3.39. The molecule has 5 heteroatoms. The van der Waals surface area contributed by atoms with Crippen LogP contribution in [0.2, 0.25) is 0 Å². The Balaban J connectivity index is 3.04. The first-order valence-corrected chi connectivity index (χ1v) is 3.39. The summed E-state index contributed by atoms with van der Waals surface area (Å²) >= 11 is 0. The van der Waals surface area contributed by atoms with Crippen molar-refractivity contribution in [3.8, 4) is 0 Å². The molecule has 1 rings (SSSR count). The Hall–Kier alpha value is -1.65. The summed E-state index contributed by atoms with van der Waals surface area (Å²) in [4.78, 5) is 15.6. The minimum atomic E-state index is -0.436. The highest BCUT2D eigenvalue weighted by atomic mass is 16.6. The van der Waals surface area contributed by atoms with Gasteiger partial charge in [-0.25, -0.2) is 4.98 Å². The number of aromatic nitrogens is 1. The lowest BCUT2D eigenvalue weighted by molar-refractivity contribution is -0.384. The SMILES string of the molecule is CN(C)c1cc([N+](=O)[O-])ccn1. The van der Waals surface area contributed by atoms with Gasteiger partial charge in [0.15, 0.2) is 0 Å². The molecule has 5 nitrogen and oxygen atoms in total. The second-order valence-electron chi connectivity index (χ2n) is 2.52. The Labute approximate surface area is 69.8 Å². The van der Waals surface area contributed by atoms with E-state index in [1.54, 1.807) is 19.0 Å². The zero-order valence-electron chi connectivity index (χ0n) is 6.89. The molecule has 0 radical (unpaired) electrons. The van der Waals surface area contributed by atoms with Gasteiger partial charge in [-0.15, -0.1) is 0 Å². The van der Waals surface area contributed by atoms with Gasteiger partial charge in [0.1, 0.15) is 5.82 Å². The minimum Gasteiger partial charge on any atom is -0.363 e. The Morgan fingerprint density at radius 2 is 2.25 bits per heavy atom. The van der Waals surface area contributed by atoms with Crippen molar-refractivity contribution in [3.05, 3.63) is 28.4 Å². The van der Waals surface area contributed by atoms with Crippen LogP contribution in [0.25, 0.3) is 0 Å². The molecule has 0 N–H and O–H groups in total. The van der Waals surface area contributed by atoms with Gasteiger partial charge in [-0.3, -0.25) is 10.1 Å². The largest absolute Gasteiger partial charge is 0.363 e. The number of anilines is 1. The van der Waals surface area contributed by atoms with Crippen LogP contribution in [0, 0.1) is 10.1 Å². The molecule has 0 saturated heterocycles. The molecule has 0 saturated carbocycles. The summed E-state index contributed by atoms with van der Waals surface area (Å²) in [6.45, 7) is 0. The lowest BCUT2D eigenvalue weighted by Gasteiger charge is -2.09. The topological polar surface area (TPSA) is 59.3 Å². The van der Waals surface area contributed by atoms with Gasteiger partial charge in [0.05, 0.1) is 11.0 Å². The van der Waals surface area contributed by atoms with E-state index >= 15 is 0 Å². The summed E-state index contributed by atoms with van der Waals surface area (Å²) in [5.41, 5.74) is 0.0636. The second kappa shape index (κ2) is 3.17. The molecule has 1 aromatic rings. The van der Waals surface area contributed by atoms with E-state index in [-0.39, 0.29) is 5.69 Å². The molecule has 0 aliphatic rings. The number of hydrogen-bond acceptors (Lipinski definition) is 4. The molecule has 64 valence electrons. The van der Waals surface area contributed by atoms with Crippen LogP contribution >= 0.6 is 0 Å². The third-order valence-electron chi connectivity index (χ3n) is 1.40. The fourth-order valence-corrected chi connectivity index (χ4v) is 0.766. The Morgan fingerprint density at radius 1 is 1.58 bits per heavy atom. The Kier molecular flexibility index (Phi) is 2.23. The summed E-state index contributed by atoms with van der Waals surface area (Å²) in [5.74, 6) is 0.587. The van der Waals surface area contributed by atoms with E-state index in [1.165, 1.54) is 18.3 Å². The van der Waals surface area contributed by atoms with E-state index in [9.17, 15) is 10.1 Å². The predicted molar refractivity (Wildman–Crippen MR) is 45.2 cm³/mol. The van der Waals surface area contributed by atoms with E-state index in [0.29, 0.717) is 5.82 Å². The van der Waals surface area contributed by atoms with Gasteiger partial charge in [-0.05, 0) is 0 Å². The van der Waals surface area contributed by atoms with Gasteiger partial charge in [-0.1, -0.05) is 0 Å². The Morgan fingerprint density at radius 3 is 2.75 bits per heavy atom. The summed E-state index contributed by atoms with van der Waals surface area (Å²) in [6.07, 6.45) is 1.42. The van der Waals surface area contributed by atoms with Crippen molar-refractivity contribution in [2.45, 2.75) is 0 Å². The van der Waals surface area contributed by atoms with Crippen molar-refractivity contribution in [1.82, 2.24) is 4.98 Å². The summed E-state index contributed by atoms with van der Waals surface area (Å²) < 4.78 is 0. The van der Waals surface area contributed by atoms with Crippen LogP contribution in [0.3, 0.4) is 0 Å². The van der Waals surface area contributed by atoms with Gasteiger partial charge >= 0.3 is 0 Å². The average Bonchev–Trinajstić information content (AvgIpc) is 2.04. The van der Waals surface area contributed by atoms with Crippen LogP contribution in [0.4, 0.5) is 11.5 Å². The quantitative estimate of drug-likeness (QED) is 0.488. The Bertz CT molecular complexity index is 298. The molecule has 0 spiro atoms. The zero-order chi connectivity index (χ0) is 9.14. The highest BCUT2D eigenvalue weighted by Gasteiger charge is 2.06. The van der Waals surface area contributed by atoms with Crippen molar-refractivity contribution >= 4 is 11.5 Å². The zero-order valence-corrected chi connectivity index (χ0v) is 6.89.